The molecule has 0 aliphatic heterocycles. The molecule has 0 radical (unpaired) electrons. The van der Waals surface area contributed by atoms with Crippen molar-refractivity contribution in [3.05, 3.63) is 18.0 Å². The fraction of sp³-hybridized carbons (Fsp3) is 0.636. The molecular weight excluding hydrogens is 240 g/mol. The van der Waals surface area contributed by atoms with Crippen molar-refractivity contribution >= 4 is 16.8 Å². The predicted molar refractivity (Wildman–Crippen MR) is 64.1 cm³/mol. The number of hydrogen-bond acceptors (Lipinski definition) is 3. The van der Waals surface area contributed by atoms with E-state index >= 15 is 0 Å². The Kier molecular flexibility index (Phi) is 3.93. The lowest BCUT2D eigenvalue weighted by molar-refractivity contribution is -0.133. The minimum atomic E-state index is -1.36. The first kappa shape index (κ1) is 12.3. The van der Waals surface area contributed by atoms with Gasteiger partial charge < -0.3 is 5.11 Å². The molecule has 1 heterocycles. The zero-order valence-corrected chi connectivity index (χ0v) is 10.4. The van der Waals surface area contributed by atoms with Gasteiger partial charge in [-0.25, -0.2) is 0 Å². The fourth-order valence-electron chi connectivity index (χ4n) is 2.18. The largest absolute Gasteiger partial charge is 0.481 e. The molecule has 1 aromatic rings. The zero-order valence-electron chi connectivity index (χ0n) is 9.54. The Hall–Kier alpha value is -1.17. The third-order valence-corrected chi connectivity index (χ3v) is 4.14. The van der Waals surface area contributed by atoms with Gasteiger partial charge in [-0.05, 0) is 18.9 Å². The van der Waals surface area contributed by atoms with Crippen LogP contribution >= 0.6 is 0 Å². The maximum Gasteiger partial charge on any atom is 0.316 e. The van der Waals surface area contributed by atoms with Crippen LogP contribution in [0.2, 0.25) is 0 Å². The highest BCUT2D eigenvalue weighted by Gasteiger charge is 2.18. The number of hydrogen-bond donors (Lipinski definition) is 1. The highest BCUT2D eigenvalue weighted by Crippen LogP contribution is 2.28. The molecule has 1 aliphatic rings. The van der Waals surface area contributed by atoms with Crippen molar-refractivity contribution < 1.29 is 14.1 Å². The molecule has 0 spiro atoms. The van der Waals surface area contributed by atoms with E-state index < -0.39 is 16.8 Å². The van der Waals surface area contributed by atoms with Gasteiger partial charge in [-0.15, -0.1) is 0 Å². The van der Waals surface area contributed by atoms with Crippen LogP contribution in [0.5, 0.6) is 0 Å². The van der Waals surface area contributed by atoms with E-state index in [2.05, 4.69) is 5.10 Å². The van der Waals surface area contributed by atoms with Crippen molar-refractivity contribution in [2.45, 2.75) is 37.5 Å². The van der Waals surface area contributed by atoms with Crippen LogP contribution in [-0.4, -0.2) is 30.8 Å². The first-order valence-corrected chi connectivity index (χ1v) is 7.25. The van der Waals surface area contributed by atoms with Crippen LogP contribution in [0.25, 0.3) is 0 Å². The molecule has 1 saturated carbocycles. The van der Waals surface area contributed by atoms with Crippen molar-refractivity contribution in [2.24, 2.45) is 0 Å². The summed E-state index contributed by atoms with van der Waals surface area (Å²) in [7, 11) is -1.36. The Morgan fingerprint density at radius 1 is 1.53 bits per heavy atom. The molecule has 1 aliphatic carbocycles. The molecule has 1 unspecified atom stereocenters. The summed E-state index contributed by atoms with van der Waals surface area (Å²) in [5.41, 5.74) is 0.719. The molecule has 94 valence electrons. The van der Waals surface area contributed by atoms with Crippen LogP contribution in [0, 0.1) is 0 Å². The van der Waals surface area contributed by atoms with Gasteiger partial charge in [0.25, 0.3) is 0 Å². The third kappa shape index (κ3) is 3.39. The van der Waals surface area contributed by atoms with Crippen LogP contribution in [0.4, 0.5) is 0 Å². The SMILES string of the molecule is O=C(O)CS(=O)Cc1ccn(C2CCCC2)n1. The summed E-state index contributed by atoms with van der Waals surface area (Å²) < 4.78 is 13.4. The van der Waals surface area contributed by atoms with Gasteiger partial charge >= 0.3 is 5.97 Å². The highest BCUT2D eigenvalue weighted by molar-refractivity contribution is 7.84. The zero-order chi connectivity index (χ0) is 12.3. The lowest BCUT2D eigenvalue weighted by Gasteiger charge is -2.08. The van der Waals surface area contributed by atoms with E-state index in [1.165, 1.54) is 12.8 Å². The number of nitrogens with zero attached hydrogens (tertiary/aromatic N) is 2. The minimum absolute atomic E-state index is 0.228. The first-order chi connectivity index (χ1) is 8.15. The van der Waals surface area contributed by atoms with Gasteiger partial charge in [-0.1, -0.05) is 12.8 Å². The summed E-state index contributed by atoms with van der Waals surface area (Å²) in [4.78, 5) is 10.4. The molecule has 2 rings (SSSR count). The lowest BCUT2D eigenvalue weighted by atomic mass is 10.3. The maximum absolute atomic E-state index is 11.4. The Morgan fingerprint density at radius 2 is 2.24 bits per heavy atom. The van der Waals surface area contributed by atoms with E-state index in [4.69, 9.17) is 5.11 Å². The summed E-state index contributed by atoms with van der Waals surface area (Å²) in [6.07, 6.45) is 6.69. The molecule has 1 aromatic heterocycles. The average Bonchev–Trinajstić information content (AvgIpc) is 2.84. The predicted octanol–water partition coefficient (Wildman–Crippen LogP) is 1.33. The molecule has 1 atom stereocenters. The smallest absolute Gasteiger partial charge is 0.316 e. The molecule has 5 nitrogen and oxygen atoms in total. The molecule has 1 fully saturated rings. The highest BCUT2D eigenvalue weighted by atomic mass is 32.2. The molecule has 17 heavy (non-hydrogen) atoms. The normalized spacial score (nSPS) is 18.4. The van der Waals surface area contributed by atoms with Crippen LogP contribution < -0.4 is 0 Å². The number of carbonyl (C=O) groups is 1. The van der Waals surface area contributed by atoms with Gasteiger partial charge in [0.05, 0.1) is 17.5 Å². The van der Waals surface area contributed by atoms with Crippen molar-refractivity contribution in [2.75, 3.05) is 5.75 Å². The van der Waals surface area contributed by atoms with E-state index in [9.17, 15) is 9.00 Å². The van der Waals surface area contributed by atoms with Crippen molar-refractivity contribution in [3.8, 4) is 0 Å². The molecule has 0 aromatic carbocycles. The van der Waals surface area contributed by atoms with E-state index in [1.54, 1.807) is 0 Å². The Labute approximate surface area is 102 Å². The molecule has 0 saturated heterocycles. The van der Waals surface area contributed by atoms with Gasteiger partial charge in [0.15, 0.2) is 0 Å². The number of rotatable bonds is 5. The average molecular weight is 256 g/mol. The van der Waals surface area contributed by atoms with Gasteiger partial charge in [-0.3, -0.25) is 13.7 Å². The number of aliphatic carboxylic acids is 1. The van der Waals surface area contributed by atoms with Gasteiger partial charge in [0, 0.05) is 17.0 Å². The monoisotopic (exact) mass is 256 g/mol. The summed E-state index contributed by atoms with van der Waals surface area (Å²) in [5.74, 6) is -1.11. The Morgan fingerprint density at radius 3 is 2.88 bits per heavy atom. The second kappa shape index (κ2) is 5.44. The molecule has 0 amide bonds. The third-order valence-electron chi connectivity index (χ3n) is 2.96. The topological polar surface area (TPSA) is 72.2 Å². The number of carboxylic acid groups (broad SMARTS) is 1. The van der Waals surface area contributed by atoms with Crippen LogP contribution in [0.15, 0.2) is 12.3 Å². The number of carboxylic acids is 1. The molecule has 0 bridgehead atoms. The first-order valence-electron chi connectivity index (χ1n) is 5.76. The standard InChI is InChI=1S/C11H16N2O3S/c14-11(15)8-17(16)7-9-5-6-13(12-9)10-3-1-2-4-10/h5-6,10H,1-4,7-8H2,(H,14,15). The number of aromatic nitrogens is 2. The van der Waals surface area contributed by atoms with Gasteiger partial charge in [0.2, 0.25) is 0 Å². The summed E-state index contributed by atoms with van der Waals surface area (Å²) in [6, 6.07) is 2.30. The lowest BCUT2D eigenvalue weighted by Crippen LogP contribution is -2.11. The fourth-order valence-corrected chi connectivity index (χ4v) is 3.04. The van der Waals surface area contributed by atoms with Crippen LogP contribution in [0.1, 0.15) is 37.4 Å². The van der Waals surface area contributed by atoms with Gasteiger partial charge in [0.1, 0.15) is 5.75 Å². The molecule has 6 heteroatoms. The Bertz CT molecular complexity index is 424. The van der Waals surface area contributed by atoms with Crippen molar-refractivity contribution in [1.82, 2.24) is 9.78 Å². The second-order valence-corrected chi connectivity index (χ2v) is 5.80. The van der Waals surface area contributed by atoms with E-state index in [1.807, 2.05) is 16.9 Å². The summed E-state index contributed by atoms with van der Waals surface area (Å²) in [6.45, 7) is 0. The molecular formula is C11H16N2O3S. The summed E-state index contributed by atoms with van der Waals surface area (Å²) in [5, 5.41) is 12.9. The van der Waals surface area contributed by atoms with E-state index in [0.717, 1.165) is 18.5 Å². The van der Waals surface area contributed by atoms with E-state index in [-0.39, 0.29) is 11.5 Å². The van der Waals surface area contributed by atoms with Crippen molar-refractivity contribution in [1.29, 1.82) is 0 Å². The maximum atomic E-state index is 11.4. The van der Waals surface area contributed by atoms with Gasteiger partial charge in [-0.2, -0.15) is 5.10 Å². The Balaban J connectivity index is 1.93. The minimum Gasteiger partial charge on any atom is -0.481 e. The molecule has 1 N–H and O–H groups in total. The second-order valence-electron chi connectivity index (χ2n) is 4.35. The van der Waals surface area contributed by atoms with Crippen LogP contribution in [0.3, 0.4) is 0 Å². The summed E-state index contributed by atoms with van der Waals surface area (Å²) >= 11 is 0. The quantitative estimate of drug-likeness (QED) is 0.862. The van der Waals surface area contributed by atoms with E-state index in [0.29, 0.717) is 6.04 Å². The van der Waals surface area contributed by atoms with Crippen molar-refractivity contribution in [3.63, 3.8) is 0 Å². The van der Waals surface area contributed by atoms with Crippen LogP contribution in [-0.2, 0) is 21.3 Å².